The zero-order chi connectivity index (χ0) is 17.7. The van der Waals surface area contributed by atoms with Crippen molar-refractivity contribution in [1.29, 1.82) is 5.26 Å². The predicted molar refractivity (Wildman–Crippen MR) is 89.6 cm³/mol. The number of hydrogen-bond acceptors (Lipinski definition) is 5. The Hall–Kier alpha value is -2.81. The summed E-state index contributed by atoms with van der Waals surface area (Å²) in [6.45, 7) is 6.68. The number of carbonyl (C=O) groups excluding carboxylic acids is 1. The number of rotatable bonds is 6. The molecule has 0 aliphatic rings. The molecule has 126 valence electrons. The van der Waals surface area contributed by atoms with E-state index in [1.165, 1.54) is 0 Å². The van der Waals surface area contributed by atoms with E-state index in [0.29, 0.717) is 36.1 Å². The number of hydrogen-bond donors (Lipinski definition) is 0. The van der Waals surface area contributed by atoms with Gasteiger partial charge >= 0.3 is 5.97 Å². The van der Waals surface area contributed by atoms with Gasteiger partial charge in [-0.1, -0.05) is 13.8 Å². The molecule has 0 atom stereocenters. The van der Waals surface area contributed by atoms with E-state index < -0.39 is 5.97 Å². The SMILES string of the molecule is CCOC(=O)c1nc(-c2ccc(OCC(C)C)c(C#N)c2)cn1C. The minimum atomic E-state index is -0.469. The van der Waals surface area contributed by atoms with Crippen LogP contribution in [0.1, 0.15) is 37.0 Å². The van der Waals surface area contributed by atoms with Crippen LogP contribution in [0.3, 0.4) is 0 Å². The number of imidazole rings is 1. The number of esters is 1. The monoisotopic (exact) mass is 327 g/mol. The molecular weight excluding hydrogens is 306 g/mol. The smallest absolute Gasteiger partial charge is 0.374 e. The topological polar surface area (TPSA) is 77.1 Å². The van der Waals surface area contributed by atoms with Gasteiger partial charge in [0.2, 0.25) is 5.82 Å². The highest BCUT2D eigenvalue weighted by Gasteiger charge is 2.16. The van der Waals surface area contributed by atoms with Crippen LogP contribution >= 0.6 is 0 Å². The Morgan fingerprint density at radius 1 is 1.42 bits per heavy atom. The van der Waals surface area contributed by atoms with E-state index in [2.05, 4.69) is 11.1 Å². The van der Waals surface area contributed by atoms with Gasteiger partial charge < -0.3 is 14.0 Å². The normalized spacial score (nSPS) is 10.5. The fourth-order valence-electron chi connectivity index (χ4n) is 2.15. The van der Waals surface area contributed by atoms with Crippen molar-refractivity contribution < 1.29 is 14.3 Å². The zero-order valence-corrected chi connectivity index (χ0v) is 14.4. The van der Waals surface area contributed by atoms with Gasteiger partial charge in [0.15, 0.2) is 0 Å². The van der Waals surface area contributed by atoms with Crippen molar-refractivity contribution >= 4 is 5.97 Å². The van der Waals surface area contributed by atoms with Crippen molar-refractivity contribution in [2.24, 2.45) is 13.0 Å². The average molecular weight is 327 g/mol. The summed E-state index contributed by atoms with van der Waals surface area (Å²) in [4.78, 5) is 16.2. The van der Waals surface area contributed by atoms with Crippen LogP contribution in [0.2, 0.25) is 0 Å². The number of ether oxygens (including phenoxy) is 2. The third-order valence-corrected chi connectivity index (χ3v) is 3.30. The molecule has 0 saturated carbocycles. The number of aryl methyl sites for hydroxylation is 1. The largest absolute Gasteiger partial charge is 0.492 e. The molecular formula is C18H21N3O3. The molecule has 0 unspecified atom stereocenters. The summed E-state index contributed by atoms with van der Waals surface area (Å²) in [6.07, 6.45) is 1.73. The van der Waals surface area contributed by atoms with Crippen LogP contribution in [0.15, 0.2) is 24.4 Å². The number of benzene rings is 1. The molecule has 0 bridgehead atoms. The fraction of sp³-hybridized carbons (Fsp3) is 0.389. The van der Waals surface area contributed by atoms with Crippen LogP contribution in [0.4, 0.5) is 0 Å². The molecule has 1 heterocycles. The molecule has 24 heavy (non-hydrogen) atoms. The van der Waals surface area contributed by atoms with Crippen molar-refractivity contribution in [1.82, 2.24) is 9.55 Å². The Morgan fingerprint density at radius 3 is 2.79 bits per heavy atom. The standard InChI is InChI=1S/C18H21N3O3/c1-5-23-18(22)17-20-15(10-21(17)4)13-6-7-16(14(8-13)9-19)24-11-12(2)3/h6-8,10,12H,5,11H2,1-4H3. The van der Waals surface area contributed by atoms with Crippen molar-refractivity contribution in [3.63, 3.8) is 0 Å². The first-order valence-corrected chi connectivity index (χ1v) is 7.84. The van der Waals surface area contributed by atoms with Gasteiger partial charge in [0.25, 0.3) is 0 Å². The van der Waals surface area contributed by atoms with E-state index in [4.69, 9.17) is 9.47 Å². The lowest BCUT2D eigenvalue weighted by Gasteiger charge is -2.10. The molecule has 0 N–H and O–H groups in total. The molecule has 2 rings (SSSR count). The molecule has 0 spiro atoms. The van der Waals surface area contributed by atoms with Gasteiger partial charge in [-0.2, -0.15) is 5.26 Å². The second-order valence-electron chi connectivity index (χ2n) is 5.81. The molecule has 1 aromatic heterocycles. The summed E-state index contributed by atoms with van der Waals surface area (Å²) in [5.41, 5.74) is 1.79. The first-order valence-electron chi connectivity index (χ1n) is 7.84. The molecule has 1 aromatic carbocycles. The minimum Gasteiger partial charge on any atom is -0.492 e. The second-order valence-corrected chi connectivity index (χ2v) is 5.81. The highest BCUT2D eigenvalue weighted by atomic mass is 16.5. The third-order valence-electron chi connectivity index (χ3n) is 3.30. The molecule has 0 saturated heterocycles. The van der Waals surface area contributed by atoms with Crippen LogP contribution in [0, 0.1) is 17.2 Å². The molecule has 6 nitrogen and oxygen atoms in total. The quantitative estimate of drug-likeness (QED) is 0.762. The molecule has 0 fully saturated rings. The van der Waals surface area contributed by atoms with Crippen LogP contribution in [0.5, 0.6) is 5.75 Å². The van der Waals surface area contributed by atoms with Gasteiger partial charge in [0.1, 0.15) is 11.8 Å². The Morgan fingerprint density at radius 2 is 2.17 bits per heavy atom. The Bertz CT molecular complexity index is 772. The van der Waals surface area contributed by atoms with Gasteiger partial charge in [0, 0.05) is 18.8 Å². The average Bonchev–Trinajstić information content (AvgIpc) is 2.94. The van der Waals surface area contributed by atoms with Crippen LogP contribution < -0.4 is 4.74 Å². The summed E-state index contributed by atoms with van der Waals surface area (Å²) in [5, 5.41) is 9.34. The van der Waals surface area contributed by atoms with E-state index >= 15 is 0 Å². The summed E-state index contributed by atoms with van der Waals surface area (Å²) < 4.78 is 12.3. The molecule has 0 amide bonds. The molecule has 0 radical (unpaired) electrons. The lowest BCUT2D eigenvalue weighted by molar-refractivity contribution is 0.0508. The highest BCUT2D eigenvalue weighted by molar-refractivity contribution is 5.86. The van der Waals surface area contributed by atoms with E-state index in [-0.39, 0.29) is 5.82 Å². The lowest BCUT2D eigenvalue weighted by Crippen LogP contribution is -2.10. The summed E-state index contributed by atoms with van der Waals surface area (Å²) in [7, 11) is 1.73. The number of nitriles is 1. The number of carbonyl (C=O) groups is 1. The van der Waals surface area contributed by atoms with Gasteiger partial charge in [-0.3, -0.25) is 0 Å². The van der Waals surface area contributed by atoms with Crippen molar-refractivity contribution in [2.45, 2.75) is 20.8 Å². The minimum absolute atomic E-state index is 0.227. The summed E-state index contributed by atoms with van der Waals surface area (Å²) in [6, 6.07) is 7.44. The Balaban J connectivity index is 2.31. The van der Waals surface area contributed by atoms with Crippen molar-refractivity contribution in [3.05, 3.63) is 35.8 Å². The second kappa shape index (κ2) is 7.64. The number of nitrogens with zero attached hydrogens (tertiary/aromatic N) is 3. The molecule has 0 aliphatic carbocycles. The Labute approximate surface area is 141 Å². The van der Waals surface area contributed by atoms with E-state index in [9.17, 15) is 10.1 Å². The first-order chi connectivity index (χ1) is 11.5. The first kappa shape index (κ1) is 17.5. The van der Waals surface area contributed by atoms with Gasteiger partial charge in [-0.15, -0.1) is 0 Å². The van der Waals surface area contributed by atoms with E-state index in [1.54, 1.807) is 36.9 Å². The van der Waals surface area contributed by atoms with Crippen LogP contribution in [-0.4, -0.2) is 28.7 Å². The zero-order valence-electron chi connectivity index (χ0n) is 14.4. The van der Waals surface area contributed by atoms with Crippen molar-refractivity contribution in [2.75, 3.05) is 13.2 Å². The summed E-state index contributed by atoms with van der Waals surface area (Å²) in [5.74, 6) is 0.685. The van der Waals surface area contributed by atoms with Crippen LogP contribution in [-0.2, 0) is 11.8 Å². The molecule has 0 aliphatic heterocycles. The van der Waals surface area contributed by atoms with E-state index in [0.717, 1.165) is 5.56 Å². The molecule has 6 heteroatoms. The van der Waals surface area contributed by atoms with Crippen LogP contribution in [0.25, 0.3) is 11.3 Å². The molecule has 2 aromatic rings. The maximum absolute atomic E-state index is 11.9. The lowest BCUT2D eigenvalue weighted by atomic mass is 10.1. The van der Waals surface area contributed by atoms with E-state index in [1.807, 2.05) is 19.9 Å². The highest BCUT2D eigenvalue weighted by Crippen LogP contribution is 2.26. The maximum atomic E-state index is 11.9. The maximum Gasteiger partial charge on any atom is 0.374 e. The number of aromatic nitrogens is 2. The third kappa shape index (κ3) is 3.93. The van der Waals surface area contributed by atoms with Gasteiger partial charge in [-0.05, 0) is 31.0 Å². The van der Waals surface area contributed by atoms with Crippen molar-refractivity contribution in [3.8, 4) is 23.1 Å². The van der Waals surface area contributed by atoms with Gasteiger partial charge in [0.05, 0.1) is 24.5 Å². The van der Waals surface area contributed by atoms with Gasteiger partial charge in [-0.25, -0.2) is 9.78 Å². The summed E-state index contributed by atoms with van der Waals surface area (Å²) >= 11 is 0. The fourth-order valence-corrected chi connectivity index (χ4v) is 2.15. The Kier molecular flexibility index (Phi) is 5.59. The predicted octanol–water partition coefficient (Wildman–Crippen LogP) is 3.17.